The Hall–Kier alpha value is -2.51. The quantitative estimate of drug-likeness (QED) is 0.378. The Labute approximate surface area is 213 Å². The summed E-state index contributed by atoms with van der Waals surface area (Å²) in [5.74, 6) is -0.262. The highest BCUT2D eigenvalue weighted by atomic mass is 32.1. The molecule has 0 aliphatic carbocycles. The number of carboxylic acids is 1. The number of rotatable bonds is 12. The maximum atomic E-state index is 12.9. The van der Waals surface area contributed by atoms with Gasteiger partial charge in [0.25, 0.3) is 0 Å². The SMILES string of the molecule is CCC(CC)(c1ccc(OCC(=O)C(C)(C)C)c(C)c1)c1cc(C)c(C(=O)CN(C)CC(=O)O)s1. The van der Waals surface area contributed by atoms with Crippen molar-refractivity contribution in [3.05, 3.63) is 50.7 Å². The van der Waals surface area contributed by atoms with Crippen LogP contribution in [0.1, 0.15) is 78.7 Å². The van der Waals surface area contributed by atoms with Crippen molar-refractivity contribution in [3.8, 4) is 5.75 Å². The minimum absolute atomic E-state index is 0.0439. The van der Waals surface area contributed by atoms with Crippen LogP contribution in [-0.4, -0.2) is 54.3 Å². The van der Waals surface area contributed by atoms with Crippen LogP contribution in [0, 0.1) is 19.3 Å². The zero-order chi connectivity index (χ0) is 26.6. The summed E-state index contributed by atoms with van der Waals surface area (Å²) < 4.78 is 5.85. The molecule has 192 valence electrons. The van der Waals surface area contributed by atoms with E-state index in [4.69, 9.17) is 9.84 Å². The number of benzene rings is 1. The summed E-state index contributed by atoms with van der Waals surface area (Å²) >= 11 is 1.51. The van der Waals surface area contributed by atoms with Crippen molar-refractivity contribution < 1.29 is 24.2 Å². The van der Waals surface area contributed by atoms with E-state index in [9.17, 15) is 14.4 Å². The van der Waals surface area contributed by atoms with Crippen molar-refractivity contribution in [1.29, 1.82) is 0 Å². The first-order valence-electron chi connectivity index (χ1n) is 12.1. The van der Waals surface area contributed by atoms with Crippen molar-refractivity contribution in [2.75, 3.05) is 26.7 Å². The second-order valence-electron chi connectivity index (χ2n) is 10.3. The summed E-state index contributed by atoms with van der Waals surface area (Å²) in [6, 6.07) is 8.23. The van der Waals surface area contributed by atoms with E-state index in [-0.39, 0.29) is 36.7 Å². The second kappa shape index (κ2) is 11.5. The average Bonchev–Trinajstić information content (AvgIpc) is 3.15. The van der Waals surface area contributed by atoms with E-state index in [1.165, 1.54) is 16.2 Å². The average molecular weight is 502 g/mol. The molecule has 0 unspecified atom stereocenters. The number of likely N-dealkylation sites (N-methyl/N-ethyl adjacent to an activating group) is 1. The Balaban J connectivity index is 2.35. The predicted molar refractivity (Wildman–Crippen MR) is 141 cm³/mol. The van der Waals surface area contributed by atoms with Crippen LogP contribution < -0.4 is 4.74 Å². The summed E-state index contributed by atoms with van der Waals surface area (Å²) in [6.07, 6.45) is 1.72. The third-order valence-corrected chi connectivity index (χ3v) is 8.07. The second-order valence-corrected chi connectivity index (χ2v) is 11.4. The van der Waals surface area contributed by atoms with E-state index >= 15 is 0 Å². The minimum atomic E-state index is -0.953. The summed E-state index contributed by atoms with van der Waals surface area (Å²) in [6.45, 7) is 13.8. The number of aliphatic carboxylic acids is 1. The van der Waals surface area contributed by atoms with Gasteiger partial charge in [0.1, 0.15) is 12.4 Å². The van der Waals surface area contributed by atoms with Gasteiger partial charge < -0.3 is 9.84 Å². The monoisotopic (exact) mass is 501 g/mol. The van der Waals surface area contributed by atoms with Gasteiger partial charge in [-0.3, -0.25) is 19.3 Å². The zero-order valence-electron chi connectivity index (χ0n) is 22.3. The summed E-state index contributed by atoms with van der Waals surface area (Å²) in [5, 5.41) is 8.98. The molecule has 0 saturated carbocycles. The highest BCUT2D eigenvalue weighted by molar-refractivity contribution is 7.14. The number of carbonyl (C=O) groups is 3. The van der Waals surface area contributed by atoms with Crippen LogP contribution in [-0.2, 0) is 15.0 Å². The van der Waals surface area contributed by atoms with E-state index in [1.54, 1.807) is 7.05 Å². The molecule has 0 fully saturated rings. The Morgan fingerprint density at radius 2 is 1.63 bits per heavy atom. The van der Waals surface area contributed by atoms with Crippen molar-refractivity contribution in [2.24, 2.45) is 5.41 Å². The standard InChI is InChI=1S/C28H39NO5S/c1-9-28(10-2,20-11-12-22(18(3)13-20)34-17-23(31)27(5,6)7)24-14-19(4)26(35-24)21(30)15-29(8)16-25(32)33/h11-14H,9-10,15-17H2,1-8H3,(H,32,33). The number of thiophene rings is 1. The van der Waals surface area contributed by atoms with Crippen LogP contribution in [0.5, 0.6) is 5.75 Å². The molecular weight excluding hydrogens is 462 g/mol. The van der Waals surface area contributed by atoms with Crippen LogP contribution in [0.25, 0.3) is 0 Å². The van der Waals surface area contributed by atoms with Crippen LogP contribution in [0.15, 0.2) is 24.3 Å². The third-order valence-electron chi connectivity index (χ3n) is 6.59. The van der Waals surface area contributed by atoms with Gasteiger partial charge in [-0.1, -0.05) is 46.8 Å². The molecular formula is C28H39NO5S. The fourth-order valence-electron chi connectivity index (χ4n) is 4.22. The molecule has 1 heterocycles. The molecule has 6 nitrogen and oxygen atoms in total. The molecule has 0 bridgehead atoms. The Morgan fingerprint density at radius 3 is 2.14 bits per heavy atom. The number of nitrogens with zero attached hydrogens (tertiary/aromatic N) is 1. The van der Waals surface area contributed by atoms with Gasteiger partial charge in [0.05, 0.1) is 18.0 Å². The lowest BCUT2D eigenvalue weighted by Gasteiger charge is -2.32. The Bertz CT molecular complexity index is 1080. The molecule has 1 aromatic heterocycles. The van der Waals surface area contributed by atoms with Gasteiger partial charge >= 0.3 is 5.97 Å². The molecule has 1 aromatic carbocycles. The van der Waals surface area contributed by atoms with Crippen LogP contribution in [0.4, 0.5) is 0 Å². The van der Waals surface area contributed by atoms with Crippen LogP contribution in [0.3, 0.4) is 0 Å². The van der Waals surface area contributed by atoms with E-state index in [2.05, 4.69) is 32.0 Å². The van der Waals surface area contributed by atoms with E-state index in [1.807, 2.05) is 40.7 Å². The molecule has 2 aromatic rings. The van der Waals surface area contributed by atoms with Gasteiger partial charge in [-0.2, -0.15) is 0 Å². The topological polar surface area (TPSA) is 83.9 Å². The lowest BCUT2D eigenvalue weighted by Crippen LogP contribution is -2.30. The van der Waals surface area contributed by atoms with Crippen LogP contribution in [0.2, 0.25) is 0 Å². The summed E-state index contributed by atoms with van der Waals surface area (Å²) in [7, 11) is 1.64. The van der Waals surface area contributed by atoms with Crippen molar-refractivity contribution in [3.63, 3.8) is 0 Å². The molecule has 35 heavy (non-hydrogen) atoms. The number of Topliss-reactive ketones (excluding diaryl/α,β-unsaturated/α-hetero) is 2. The van der Waals surface area contributed by atoms with Gasteiger partial charge in [0, 0.05) is 15.7 Å². The maximum absolute atomic E-state index is 12.9. The zero-order valence-corrected chi connectivity index (χ0v) is 23.1. The molecule has 1 N–H and O–H groups in total. The molecule has 0 amide bonds. The predicted octanol–water partition coefficient (Wildman–Crippen LogP) is 5.66. The summed E-state index contributed by atoms with van der Waals surface area (Å²) in [4.78, 5) is 39.5. The molecule has 0 aliphatic heterocycles. The molecule has 0 atom stereocenters. The van der Waals surface area contributed by atoms with Crippen LogP contribution >= 0.6 is 11.3 Å². The third kappa shape index (κ3) is 6.79. The fraction of sp³-hybridized carbons (Fsp3) is 0.536. The van der Waals surface area contributed by atoms with Gasteiger partial charge in [-0.15, -0.1) is 11.3 Å². The number of ketones is 2. The molecule has 0 saturated heterocycles. The number of carbonyl (C=O) groups excluding carboxylic acids is 2. The highest BCUT2D eigenvalue weighted by Gasteiger charge is 2.34. The first kappa shape index (κ1) is 28.7. The van der Waals surface area contributed by atoms with E-state index < -0.39 is 11.4 Å². The molecule has 0 spiro atoms. The van der Waals surface area contributed by atoms with Crippen molar-refractivity contribution in [2.45, 2.75) is 66.7 Å². The Kier molecular flexibility index (Phi) is 9.42. The van der Waals surface area contributed by atoms with Gasteiger partial charge in [-0.05, 0) is 62.6 Å². The largest absolute Gasteiger partial charge is 0.486 e. The molecule has 0 radical (unpaired) electrons. The molecule has 2 rings (SSSR count). The van der Waals surface area contributed by atoms with Gasteiger partial charge in [-0.25, -0.2) is 0 Å². The van der Waals surface area contributed by atoms with E-state index in [0.29, 0.717) is 10.6 Å². The molecule has 7 heteroatoms. The first-order chi connectivity index (χ1) is 16.2. The number of hydrogen-bond donors (Lipinski definition) is 1. The number of carboxylic acid groups (broad SMARTS) is 1. The first-order valence-corrected chi connectivity index (χ1v) is 12.9. The van der Waals surface area contributed by atoms with Gasteiger partial charge in [0.2, 0.25) is 0 Å². The molecule has 0 aliphatic rings. The number of aryl methyl sites for hydroxylation is 2. The number of hydrogen-bond acceptors (Lipinski definition) is 6. The van der Waals surface area contributed by atoms with Crippen molar-refractivity contribution >= 4 is 28.9 Å². The smallest absolute Gasteiger partial charge is 0.317 e. The number of ether oxygens (including phenoxy) is 1. The lowest BCUT2D eigenvalue weighted by atomic mass is 9.74. The van der Waals surface area contributed by atoms with Crippen molar-refractivity contribution in [1.82, 2.24) is 4.90 Å². The normalized spacial score (nSPS) is 12.1. The highest BCUT2D eigenvalue weighted by Crippen LogP contribution is 2.44. The minimum Gasteiger partial charge on any atom is -0.486 e. The fourth-order valence-corrected chi connectivity index (χ4v) is 5.67. The lowest BCUT2D eigenvalue weighted by molar-refractivity contribution is -0.137. The Morgan fingerprint density at radius 1 is 1.00 bits per heavy atom. The summed E-state index contributed by atoms with van der Waals surface area (Å²) in [5.41, 5.74) is 2.34. The van der Waals surface area contributed by atoms with E-state index in [0.717, 1.165) is 34.4 Å². The van der Waals surface area contributed by atoms with Gasteiger partial charge in [0.15, 0.2) is 11.6 Å². The maximum Gasteiger partial charge on any atom is 0.317 e.